The Bertz CT molecular complexity index is 1430. The smallest absolute Gasteiger partial charge is 0.320 e. The number of carbonyl (C=O) groups is 1. The third-order valence-electron chi connectivity index (χ3n) is 7.29. The molecule has 3 aromatic rings. The second kappa shape index (κ2) is 12.0. The first-order valence-corrected chi connectivity index (χ1v) is 14.9. The van der Waals surface area contributed by atoms with Crippen LogP contribution in [0.5, 0.6) is 5.75 Å². The lowest BCUT2D eigenvalue weighted by Gasteiger charge is -2.27. The molecule has 2 N–H and O–H groups in total. The summed E-state index contributed by atoms with van der Waals surface area (Å²) in [5.74, 6) is -0.748. The number of anilines is 1. The first-order chi connectivity index (χ1) is 18.5. The molecule has 39 heavy (non-hydrogen) atoms. The summed E-state index contributed by atoms with van der Waals surface area (Å²) in [5, 5.41) is 19.5. The molecule has 1 aliphatic rings. The molecule has 0 amide bonds. The molecular formula is C30H35ClN2O5S. The average molecular weight is 571 g/mol. The molecule has 0 aromatic heterocycles. The number of hydrogen-bond acceptors (Lipinski definition) is 5. The van der Waals surface area contributed by atoms with Crippen molar-refractivity contribution in [2.45, 2.75) is 63.9 Å². The predicted molar refractivity (Wildman–Crippen MR) is 154 cm³/mol. The van der Waals surface area contributed by atoms with Gasteiger partial charge in [0.05, 0.1) is 17.1 Å². The highest BCUT2D eigenvalue weighted by Crippen LogP contribution is 2.33. The fourth-order valence-corrected chi connectivity index (χ4v) is 7.60. The van der Waals surface area contributed by atoms with Crippen molar-refractivity contribution in [3.63, 3.8) is 0 Å². The molecule has 1 atom stereocenters. The fraction of sp³-hybridized carbons (Fsp3) is 0.367. The van der Waals surface area contributed by atoms with Crippen molar-refractivity contribution in [2.75, 3.05) is 17.4 Å². The zero-order chi connectivity index (χ0) is 28.3. The van der Waals surface area contributed by atoms with Crippen molar-refractivity contribution in [1.82, 2.24) is 4.90 Å². The van der Waals surface area contributed by atoms with Gasteiger partial charge in [-0.25, -0.2) is 8.42 Å². The lowest BCUT2D eigenvalue weighted by Crippen LogP contribution is -2.36. The summed E-state index contributed by atoms with van der Waals surface area (Å²) in [6.45, 7) is 7.06. The summed E-state index contributed by atoms with van der Waals surface area (Å²) >= 11 is 6.38. The third kappa shape index (κ3) is 6.57. The van der Waals surface area contributed by atoms with E-state index in [0.29, 0.717) is 35.3 Å². The maximum absolute atomic E-state index is 14.1. The van der Waals surface area contributed by atoms with E-state index in [-0.39, 0.29) is 22.2 Å². The van der Waals surface area contributed by atoms with E-state index in [4.69, 9.17) is 11.6 Å². The van der Waals surface area contributed by atoms with Crippen molar-refractivity contribution in [1.29, 1.82) is 0 Å². The molecule has 0 saturated carbocycles. The van der Waals surface area contributed by atoms with E-state index in [0.717, 1.165) is 36.9 Å². The number of benzene rings is 3. The van der Waals surface area contributed by atoms with Crippen LogP contribution < -0.4 is 4.31 Å². The molecule has 0 bridgehead atoms. The molecule has 1 fully saturated rings. The van der Waals surface area contributed by atoms with E-state index in [9.17, 15) is 23.4 Å². The summed E-state index contributed by atoms with van der Waals surface area (Å²) in [6.07, 6.45) is 3.17. The number of likely N-dealkylation sites (tertiary alicyclic amines) is 1. The molecule has 1 saturated heterocycles. The second-order valence-electron chi connectivity index (χ2n) is 10.3. The topological polar surface area (TPSA) is 98.2 Å². The van der Waals surface area contributed by atoms with E-state index in [1.807, 2.05) is 36.1 Å². The van der Waals surface area contributed by atoms with Gasteiger partial charge < -0.3 is 10.2 Å². The molecule has 4 rings (SSSR count). The Morgan fingerprint density at radius 2 is 1.72 bits per heavy atom. The number of aliphatic carboxylic acids is 1. The Hall–Kier alpha value is -3.07. The molecule has 208 valence electrons. The Morgan fingerprint density at radius 3 is 2.33 bits per heavy atom. The van der Waals surface area contributed by atoms with Gasteiger partial charge in [-0.2, -0.15) is 0 Å². The highest BCUT2D eigenvalue weighted by Gasteiger charge is 2.31. The summed E-state index contributed by atoms with van der Waals surface area (Å²) in [4.78, 5) is 13.7. The van der Waals surface area contributed by atoms with Crippen LogP contribution in [-0.2, 0) is 27.8 Å². The van der Waals surface area contributed by atoms with Crippen LogP contribution in [0.4, 0.5) is 5.69 Å². The second-order valence-corrected chi connectivity index (χ2v) is 12.5. The highest BCUT2D eigenvalue weighted by atomic mass is 35.5. The number of rotatable bonds is 10. The lowest BCUT2D eigenvalue weighted by molar-refractivity contribution is -0.142. The van der Waals surface area contributed by atoms with Crippen LogP contribution in [-0.4, -0.2) is 48.6 Å². The summed E-state index contributed by atoms with van der Waals surface area (Å²) < 4.78 is 29.6. The van der Waals surface area contributed by atoms with Crippen LogP contribution in [0, 0.1) is 20.8 Å². The molecule has 7 nitrogen and oxygen atoms in total. The first-order valence-electron chi connectivity index (χ1n) is 13.1. The van der Waals surface area contributed by atoms with E-state index >= 15 is 0 Å². The quantitative estimate of drug-likeness (QED) is 0.317. The molecule has 1 aliphatic heterocycles. The first kappa shape index (κ1) is 28.9. The molecular weight excluding hydrogens is 536 g/mol. The SMILES string of the molecule is Cc1cc(C)c(S(=O)(=O)N(Cc2ccc(O)cc2Cl)c2ccc(CCCN3CCCC3C(=O)O)cc2)c(C)c1. The normalized spacial score (nSPS) is 15.9. The standard InChI is InChI=1S/C30H35ClN2O5S/c1-20-16-21(2)29(22(3)17-20)39(37,38)33(19-24-10-13-26(34)18-27(24)31)25-11-8-23(9-12-25)6-4-14-32-15-5-7-28(32)30(35)36/h8-13,16-18,28,34H,4-7,14-15,19H2,1-3H3,(H,35,36). The van der Waals surface area contributed by atoms with Crippen LogP contribution >= 0.6 is 11.6 Å². The van der Waals surface area contributed by atoms with Crippen molar-refractivity contribution >= 4 is 33.3 Å². The number of sulfonamides is 1. The van der Waals surface area contributed by atoms with Gasteiger partial charge in [-0.15, -0.1) is 0 Å². The number of halogens is 1. The van der Waals surface area contributed by atoms with E-state index in [2.05, 4.69) is 0 Å². The van der Waals surface area contributed by atoms with Crippen molar-refractivity contribution in [2.24, 2.45) is 0 Å². The molecule has 1 heterocycles. The molecule has 0 aliphatic carbocycles. The zero-order valence-corrected chi connectivity index (χ0v) is 24.1. The van der Waals surface area contributed by atoms with Gasteiger partial charge in [-0.3, -0.25) is 14.0 Å². The summed E-state index contributed by atoms with van der Waals surface area (Å²) in [5.41, 5.74) is 4.47. The fourth-order valence-electron chi connectivity index (χ4n) is 5.51. The number of hydrogen-bond donors (Lipinski definition) is 2. The Morgan fingerprint density at radius 1 is 1.05 bits per heavy atom. The average Bonchev–Trinajstić information content (AvgIpc) is 3.32. The molecule has 3 aromatic carbocycles. The van der Waals surface area contributed by atoms with Crippen LogP contribution in [0.1, 0.15) is 47.1 Å². The van der Waals surface area contributed by atoms with E-state index < -0.39 is 22.0 Å². The Kier molecular flexibility index (Phi) is 8.89. The molecule has 1 unspecified atom stereocenters. The minimum Gasteiger partial charge on any atom is -0.508 e. The van der Waals surface area contributed by atoms with Gasteiger partial charge >= 0.3 is 5.97 Å². The number of aryl methyl sites for hydroxylation is 4. The minimum absolute atomic E-state index is 0.000906. The number of phenolic OH excluding ortho intramolecular Hbond substituents is 1. The van der Waals surface area contributed by atoms with Crippen LogP contribution in [0.3, 0.4) is 0 Å². The van der Waals surface area contributed by atoms with Crippen molar-refractivity contribution in [3.8, 4) is 5.75 Å². The van der Waals surface area contributed by atoms with Gasteiger partial charge in [0.25, 0.3) is 10.0 Å². The van der Waals surface area contributed by atoms with Crippen LogP contribution in [0.15, 0.2) is 59.5 Å². The number of aromatic hydroxyl groups is 1. The molecule has 0 spiro atoms. The summed E-state index contributed by atoms with van der Waals surface area (Å²) in [7, 11) is -3.96. The molecule has 9 heteroatoms. The van der Waals surface area contributed by atoms with E-state index in [1.54, 1.807) is 32.0 Å². The van der Waals surface area contributed by atoms with E-state index in [1.165, 1.54) is 16.4 Å². The van der Waals surface area contributed by atoms with Crippen LogP contribution in [0.2, 0.25) is 5.02 Å². The number of carboxylic acids is 1. The number of carboxylic acid groups (broad SMARTS) is 1. The number of phenols is 1. The van der Waals surface area contributed by atoms with Gasteiger partial charge in [0.2, 0.25) is 0 Å². The van der Waals surface area contributed by atoms with Gasteiger partial charge in [0, 0.05) is 5.02 Å². The summed E-state index contributed by atoms with van der Waals surface area (Å²) in [6, 6.07) is 15.3. The lowest BCUT2D eigenvalue weighted by atomic mass is 10.1. The Labute approximate surface area is 235 Å². The van der Waals surface area contributed by atoms with Gasteiger partial charge in [-0.05, 0) is 106 Å². The monoisotopic (exact) mass is 570 g/mol. The maximum atomic E-state index is 14.1. The van der Waals surface area contributed by atoms with Gasteiger partial charge in [0.15, 0.2) is 0 Å². The predicted octanol–water partition coefficient (Wildman–Crippen LogP) is 5.85. The minimum atomic E-state index is -3.96. The number of nitrogens with zero attached hydrogens (tertiary/aromatic N) is 2. The van der Waals surface area contributed by atoms with Crippen molar-refractivity contribution in [3.05, 3.63) is 87.4 Å². The highest BCUT2D eigenvalue weighted by molar-refractivity contribution is 7.92. The molecule has 0 radical (unpaired) electrons. The Balaban J connectivity index is 1.60. The van der Waals surface area contributed by atoms with Crippen LogP contribution in [0.25, 0.3) is 0 Å². The largest absolute Gasteiger partial charge is 0.508 e. The third-order valence-corrected chi connectivity index (χ3v) is 9.72. The van der Waals surface area contributed by atoms with Crippen molar-refractivity contribution < 1.29 is 23.4 Å². The van der Waals surface area contributed by atoms with Gasteiger partial charge in [-0.1, -0.05) is 47.5 Å². The van der Waals surface area contributed by atoms with Gasteiger partial charge in [0.1, 0.15) is 11.8 Å². The maximum Gasteiger partial charge on any atom is 0.320 e. The zero-order valence-electron chi connectivity index (χ0n) is 22.5.